The molecule has 0 unspecified atom stereocenters. The van der Waals surface area contributed by atoms with Gasteiger partial charge in [0.05, 0.1) is 0 Å². The van der Waals surface area contributed by atoms with Crippen LogP contribution in [-0.2, 0) is 4.79 Å². The Bertz CT molecular complexity index is 735. The number of benzene rings is 2. The lowest BCUT2D eigenvalue weighted by atomic mass is 9.98. The van der Waals surface area contributed by atoms with Gasteiger partial charge in [-0.3, -0.25) is 4.79 Å². The highest BCUT2D eigenvalue weighted by atomic mass is 16.5. The first-order valence-corrected chi connectivity index (χ1v) is 8.44. The van der Waals surface area contributed by atoms with Gasteiger partial charge in [-0.15, -0.1) is 0 Å². The minimum absolute atomic E-state index is 0.132. The van der Waals surface area contributed by atoms with E-state index in [1.54, 1.807) is 6.92 Å². The lowest BCUT2D eigenvalue weighted by molar-refractivity contribution is -0.122. The van der Waals surface area contributed by atoms with Crippen LogP contribution in [0.3, 0.4) is 0 Å². The molecule has 0 bridgehead atoms. The van der Waals surface area contributed by atoms with Crippen LogP contribution < -0.4 is 10.1 Å². The van der Waals surface area contributed by atoms with Crippen molar-refractivity contribution in [1.29, 1.82) is 0 Å². The van der Waals surface area contributed by atoms with Crippen molar-refractivity contribution in [3.05, 3.63) is 58.7 Å². The van der Waals surface area contributed by atoms with Gasteiger partial charge in [0.2, 0.25) is 0 Å². The molecule has 0 aromatic heterocycles. The molecular weight excluding hydrogens is 298 g/mol. The molecule has 0 saturated heterocycles. The van der Waals surface area contributed by atoms with Crippen molar-refractivity contribution in [3.8, 4) is 5.75 Å². The van der Waals surface area contributed by atoms with E-state index in [2.05, 4.69) is 25.2 Å². The smallest absolute Gasteiger partial charge is 0.265 e. The molecule has 0 heterocycles. The van der Waals surface area contributed by atoms with Gasteiger partial charge in [0, 0.05) is 5.69 Å². The Labute approximate surface area is 145 Å². The standard InChI is InChI=1S/C21H27NO2/c1-13(2)18-9-7-8-16(5)20(18)22-21(23)17(6)24-19-12-14(3)10-11-15(19)4/h7-13,17H,1-6H3,(H,22,23)/t17-/m0/s1. The van der Waals surface area contributed by atoms with Crippen molar-refractivity contribution in [2.24, 2.45) is 0 Å². The number of hydrogen-bond acceptors (Lipinski definition) is 2. The van der Waals surface area contributed by atoms with E-state index in [-0.39, 0.29) is 5.91 Å². The SMILES string of the molecule is Cc1ccc(C)c(O[C@@H](C)C(=O)Nc2c(C)cccc2C(C)C)c1. The Hall–Kier alpha value is -2.29. The first-order valence-electron chi connectivity index (χ1n) is 8.44. The Kier molecular flexibility index (Phi) is 5.66. The van der Waals surface area contributed by atoms with Crippen molar-refractivity contribution in [2.75, 3.05) is 5.32 Å². The molecule has 24 heavy (non-hydrogen) atoms. The first kappa shape index (κ1) is 18.1. The lowest BCUT2D eigenvalue weighted by Crippen LogP contribution is -2.31. The normalized spacial score (nSPS) is 12.1. The topological polar surface area (TPSA) is 38.3 Å². The second-order valence-corrected chi connectivity index (χ2v) is 6.71. The van der Waals surface area contributed by atoms with Crippen LogP contribution in [0.4, 0.5) is 5.69 Å². The number of carbonyl (C=O) groups is 1. The van der Waals surface area contributed by atoms with E-state index in [0.717, 1.165) is 33.7 Å². The summed E-state index contributed by atoms with van der Waals surface area (Å²) in [6.45, 7) is 12.0. The van der Waals surface area contributed by atoms with Gasteiger partial charge in [0.25, 0.3) is 5.91 Å². The second-order valence-electron chi connectivity index (χ2n) is 6.71. The van der Waals surface area contributed by atoms with Crippen molar-refractivity contribution in [3.63, 3.8) is 0 Å². The summed E-state index contributed by atoms with van der Waals surface area (Å²) in [5.74, 6) is 0.967. The molecule has 3 heteroatoms. The van der Waals surface area contributed by atoms with E-state index in [0.29, 0.717) is 5.92 Å². The minimum Gasteiger partial charge on any atom is -0.481 e. The van der Waals surface area contributed by atoms with Crippen LogP contribution in [0, 0.1) is 20.8 Å². The number of ether oxygens (including phenoxy) is 1. The van der Waals surface area contributed by atoms with Crippen molar-refractivity contribution in [2.45, 2.75) is 53.6 Å². The van der Waals surface area contributed by atoms with E-state index in [4.69, 9.17) is 4.74 Å². The van der Waals surface area contributed by atoms with Gasteiger partial charge >= 0.3 is 0 Å². The van der Waals surface area contributed by atoms with Crippen molar-refractivity contribution < 1.29 is 9.53 Å². The Morgan fingerprint density at radius 2 is 1.71 bits per heavy atom. The molecule has 0 aliphatic rings. The van der Waals surface area contributed by atoms with Crippen LogP contribution in [-0.4, -0.2) is 12.0 Å². The molecule has 0 saturated carbocycles. The summed E-state index contributed by atoms with van der Waals surface area (Å²) < 4.78 is 5.89. The summed E-state index contributed by atoms with van der Waals surface area (Å²) >= 11 is 0. The van der Waals surface area contributed by atoms with Crippen LogP contribution >= 0.6 is 0 Å². The zero-order valence-corrected chi connectivity index (χ0v) is 15.4. The summed E-state index contributed by atoms with van der Waals surface area (Å²) in [6, 6.07) is 12.1. The molecule has 0 spiro atoms. The summed E-state index contributed by atoms with van der Waals surface area (Å²) in [4.78, 5) is 12.6. The fourth-order valence-electron chi connectivity index (χ4n) is 2.65. The van der Waals surface area contributed by atoms with Gasteiger partial charge in [0.15, 0.2) is 6.10 Å². The monoisotopic (exact) mass is 325 g/mol. The zero-order valence-electron chi connectivity index (χ0n) is 15.4. The molecule has 2 aromatic rings. The molecule has 2 rings (SSSR count). The largest absolute Gasteiger partial charge is 0.481 e. The van der Waals surface area contributed by atoms with E-state index in [1.807, 2.05) is 51.1 Å². The third-order valence-electron chi connectivity index (χ3n) is 4.19. The molecule has 2 aromatic carbocycles. The summed E-state index contributed by atoms with van der Waals surface area (Å²) in [7, 11) is 0. The fourth-order valence-corrected chi connectivity index (χ4v) is 2.65. The number of nitrogens with one attached hydrogen (secondary N) is 1. The maximum atomic E-state index is 12.6. The second kappa shape index (κ2) is 7.52. The number of rotatable bonds is 5. The Balaban J connectivity index is 2.17. The molecule has 128 valence electrons. The predicted octanol–water partition coefficient (Wildman–Crippen LogP) is 5.14. The number of anilines is 1. The van der Waals surface area contributed by atoms with Gasteiger partial charge in [0.1, 0.15) is 5.75 Å². The maximum absolute atomic E-state index is 12.6. The highest BCUT2D eigenvalue weighted by Crippen LogP contribution is 2.28. The Morgan fingerprint density at radius 1 is 1.00 bits per heavy atom. The Morgan fingerprint density at radius 3 is 2.38 bits per heavy atom. The molecule has 1 atom stereocenters. The lowest BCUT2D eigenvalue weighted by Gasteiger charge is -2.20. The number of carbonyl (C=O) groups excluding carboxylic acids is 1. The summed E-state index contributed by atoms with van der Waals surface area (Å²) in [5.41, 5.74) is 5.24. The average molecular weight is 325 g/mol. The third kappa shape index (κ3) is 4.16. The average Bonchev–Trinajstić information content (AvgIpc) is 2.52. The van der Waals surface area contributed by atoms with E-state index in [9.17, 15) is 4.79 Å². The van der Waals surface area contributed by atoms with Gasteiger partial charge in [-0.1, -0.05) is 44.2 Å². The van der Waals surface area contributed by atoms with Crippen LogP contribution in [0.2, 0.25) is 0 Å². The highest BCUT2D eigenvalue weighted by Gasteiger charge is 2.19. The van der Waals surface area contributed by atoms with E-state index >= 15 is 0 Å². The number of hydrogen-bond donors (Lipinski definition) is 1. The van der Waals surface area contributed by atoms with E-state index in [1.165, 1.54) is 0 Å². The minimum atomic E-state index is -0.565. The van der Waals surface area contributed by atoms with Crippen LogP contribution in [0.25, 0.3) is 0 Å². The van der Waals surface area contributed by atoms with Crippen LogP contribution in [0.5, 0.6) is 5.75 Å². The predicted molar refractivity (Wildman–Crippen MR) is 99.9 cm³/mol. The van der Waals surface area contributed by atoms with Crippen LogP contribution in [0.15, 0.2) is 36.4 Å². The number of amides is 1. The van der Waals surface area contributed by atoms with Crippen molar-refractivity contribution in [1.82, 2.24) is 0 Å². The first-order chi connectivity index (χ1) is 11.3. The molecule has 0 aliphatic carbocycles. The van der Waals surface area contributed by atoms with Gasteiger partial charge in [-0.2, -0.15) is 0 Å². The van der Waals surface area contributed by atoms with Gasteiger partial charge in [-0.25, -0.2) is 0 Å². The molecular formula is C21H27NO2. The molecule has 1 amide bonds. The molecule has 0 fully saturated rings. The molecule has 3 nitrogen and oxygen atoms in total. The maximum Gasteiger partial charge on any atom is 0.265 e. The number of para-hydroxylation sites is 1. The van der Waals surface area contributed by atoms with Crippen LogP contribution in [0.1, 0.15) is 48.9 Å². The third-order valence-corrected chi connectivity index (χ3v) is 4.19. The number of aryl methyl sites for hydroxylation is 3. The molecule has 1 N–H and O–H groups in total. The highest BCUT2D eigenvalue weighted by molar-refractivity contribution is 5.95. The van der Waals surface area contributed by atoms with Gasteiger partial charge < -0.3 is 10.1 Å². The van der Waals surface area contributed by atoms with Crippen molar-refractivity contribution >= 4 is 11.6 Å². The quantitative estimate of drug-likeness (QED) is 0.826. The fraction of sp³-hybridized carbons (Fsp3) is 0.381. The summed E-state index contributed by atoms with van der Waals surface area (Å²) in [6.07, 6.45) is -0.565. The zero-order chi connectivity index (χ0) is 17.9. The van der Waals surface area contributed by atoms with E-state index < -0.39 is 6.10 Å². The molecule has 0 radical (unpaired) electrons. The van der Waals surface area contributed by atoms with Gasteiger partial charge in [-0.05, 0) is 61.9 Å². The molecule has 0 aliphatic heterocycles. The summed E-state index contributed by atoms with van der Waals surface area (Å²) in [5, 5.41) is 3.05.